The van der Waals surface area contributed by atoms with E-state index in [2.05, 4.69) is 5.32 Å². The number of anilines is 1. The predicted molar refractivity (Wildman–Crippen MR) is 90.8 cm³/mol. The molecular weight excluding hydrogens is 309 g/mol. The van der Waals surface area contributed by atoms with Gasteiger partial charge in [-0.2, -0.15) is 0 Å². The molecule has 0 aliphatic carbocycles. The van der Waals surface area contributed by atoms with E-state index in [0.717, 1.165) is 11.1 Å². The minimum atomic E-state index is -0.998. The molecule has 4 nitrogen and oxygen atoms in total. The highest BCUT2D eigenvalue weighted by Gasteiger charge is 2.16. The summed E-state index contributed by atoms with van der Waals surface area (Å²) < 4.78 is 18.1. The zero-order chi connectivity index (χ0) is 17.5. The van der Waals surface area contributed by atoms with E-state index in [1.165, 1.54) is 31.2 Å². The Bertz CT molecular complexity index is 771. The van der Waals surface area contributed by atoms with Crippen LogP contribution in [0.2, 0.25) is 0 Å². The van der Waals surface area contributed by atoms with Gasteiger partial charge in [-0.25, -0.2) is 9.18 Å². The van der Waals surface area contributed by atoms with Crippen molar-refractivity contribution in [2.45, 2.75) is 20.0 Å². The molecule has 0 unspecified atom stereocenters. The van der Waals surface area contributed by atoms with Gasteiger partial charge < -0.3 is 10.1 Å². The number of amides is 1. The lowest BCUT2D eigenvalue weighted by molar-refractivity contribution is -0.148. The predicted octanol–water partition coefficient (Wildman–Crippen LogP) is 3.72. The van der Waals surface area contributed by atoms with Gasteiger partial charge in [0.2, 0.25) is 0 Å². The monoisotopic (exact) mass is 327 g/mol. The number of benzene rings is 2. The molecule has 0 aliphatic heterocycles. The van der Waals surface area contributed by atoms with E-state index in [1.807, 2.05) is 31.2 Å². The van der Waals surface area contributed by atoms with Crippen molar-refractivity contribution in [2.75, 3.05) is 5.32 Å². The number of aryl methyl sites for hydroxylation is 1. The lowest BCUT2D eigenvalue weighted by atomic mass is 10.1. The van der Waals surface area contributed by atoms with Gasteiger partial charge in [-0.1, -0.05) is 30.3 Å². The van der Waals surface area contributed by atoms with Crippen LogP contribution >= 0.6 is 0 Å². The molecule has 0 aliphatic rings. The van der Waals surface area contributed by atoms with E-state index in [1.54, 1.807) is 12.1 Å². The highest BCUT2D eigenvalue weighted by atomic mass is 19.1. The number of carbonyl (C=O) groups excluding carboxylic acids is 2. The fourth-order valence-electron chi connectivity index (χ4n) is 2.01. The SMILES string of the molecule is Cc1ccccc1/C=C/C(=O)O[C@H](C)C(=O)Nc1cccc(F)c1. The van der Waals surface area contributed by atoms with Crippen LogP contribution in [0.3, 0.4) is 0 Å². The number of rotatable bonds is 5. The largest absolute Gasteiger partial charge is 0.449 e. The first-order chi connectivity index (χ1) is 11.5. The second-order valence-electron chi connectivity index (χ2n) is 5.27. The van der Waals surface area contributed by atoms with Crippen LogP contribution in [0.25, 0.3) is 6.08 Å². The maximum absolute atomic E-state index is 13.1. The Morgan fingerprint density at radius 2 is 1.92 bits per heavy atom. The van der Waals surface area contributed by atoms with Gasteiger partial charge in [0.05, 0.1) is 0 Å². The summed E-state index contributed by atoms with van der Waals surface area (Å²) in [4.78, 5) is 23.8. The Balaban J connectivity index is 1.91. The summed E-state index contributed by atoms with van der Waals surface area (Å²) in [5.41, 5.74) is 2.23. The number of carbonyl (C=O) groups is 2. The molecule has 1 atom stereocenters. The van der Waals surface area contributed by atoms with E-state index in [4.69, 9.17) is 4.74 Å². The average molecular weight is 327 g/mol. The summed E-state index contributed by atoms with van der Waals surface area (Å²) in [6, 6.07) is 13.1. The molecule has 0 radical (unpaired) electrons. The molecule has 2 rings (SSSR count). The third-order valence-corrected chi connectivity index (χ3v) is 3.34. The van der Waals surface area contributed by atoms with Gasteiger partial charge in [0.25, 0.3) is 5.91 Å². The first kappa shape index (κ1) is 17.4. The van der Waals surface area contributed by atoms with Gasteiger partial charge in [-0.3, -0.25) is 4.79 Å². The van der Waals surface area contributed by atoms with Crippen LogP contribution in [0.1, 0.15) is 18.1 Å². The van der Waals surface area contributed by atoms with Crippen LogP contribution in [0, 0.1) is 12.7 Å². The van der Waals surface area contributed by atoms with Crippen molar-refractivity contribution in [3.8, 4) is 0 Å². The number of ether oxygens (including phenoxy) is 1. The smallest absolute Gasteiger partial charge is 0.331 e. The minimum absolute atomic E-state index is 0.304. The van der Waals surface area contributed by atoms with Gasteiger partial charge in [0, 0.05) is 11.8 Å². The van der Waals surface area contributed by atoms with Gasteiger partial charge in [-0.05, 0) is 49.2 Å². The molecule has 0 saturated heterocycles. The molecule has 0 saturated carbocycles. The number of esters is 1. The van der Waals surface area contributed by atoms with E-state index in [9.17, 15) is 14.0 Å². The molecule has 5 heteroatoms. The molecule has 0 heterocycles. The molecule has 0 spiro atoms. The van der Waals surface area contributed by atoms with Crippen LogP contribution in [-0.2, 0) is 14.3 Å². The van der Waals surface area contributed by atoms with Crippen LogP contribution in [0.4, 0.5) is 10.1 Å². The van der Waals surface area contributed by atoms with E-state index >= 15 is 0 Å². The van der Waals surface area contributed by atoms with Crippen molar-refractivity contribution in [2.24, 2.45) is 0 Å². The maximum Gasteiger partial charge on any atom is 0.331 e. The third-order valence-electron chi connectivity index (χ3n) is 3.34. The number of hydrogen-bond acceptors (Lipinski definition) is 3. The molecule has 0 bridgehead atoms. The molecule has 1 N–H and O–H groups in total. The van der Waals surface area contributed by atoms with Gasteiger partial charge in [-0.15, -0.1) is 0 Å². The van der Waals surface area contributed by atoms with E-state index < -0.39 is 23.8 Å². The highest BCUT2D eigenvalue weighted by molar-refractivity contribution is 5.96. The Morgan fingerprint density at radius 3 is 2.62 bits per heavy atom. The molecule has 1 amide bonds. The average Bonchev–Trinajstić information content (AvgIpc) is 2.54. The molecule has 2 aromatic carbocycles. The van der Waals surface area contributed by atoms with Crippen LogP contribution in [0.5, 0.6) is 0 Å². The fourth-order valence-corrected chi connectivity index (χ4v) is 2.01. The zero-order valence-electron chi connectivity index (χ0n) is 13.5. The Labute approximate surface area is 140 Å². The Morgan fingerprint density at radius 1 is 1.17 bits per heavy atom. The van der Waals surface area contributed by atoms with Gasteiger partial charge in [0.15, 0.2) is 6.10 Å². The fraction of sp³-hybridized carbons (Fsp3) is 0.158. The number of halogens is 1. The topological polar surface area (TPSA) is 55.4 Å². The van der Waals surface area contributed by atoms with Gasteiger partial charge in [0.1, 0.15) is 5.82 Å². The lowest BCUT2D eigenvalue weighted by Crippen LogP contribution is -2.29. The molecule has 0 aromatic heterocycles. The maximum atomic E-state index is 13.1. The van der Waals surface area contributed by atoms with Crippen molar-refractivity contribution in [1.82, 2.24) is 0 Å². The number of nitrogens with one attached hydrogen (secondary N) is 1. The standard InChI is InChI=1S/C19H18FNO3/c1-13-6-3-4-7-15(13)10-11-18(22)24-14(2)19(23)21-17-9-5-8-16(20)12-17/h3-12,14H,1-2H3,(H,21,23)/b11-10+/t14-/m1/s1. The quantitative estimate of drug-likeness (QED) is 0.673. The summed E-state index contributed by atoms with van der Waals surface area (Å²) in [5.74, 6) is -1.61. The second kappa shape index (κ2) is 8.06. The van der Waals surface area contributed by atoms with Crippen molar-refractivity contribution < 1.29 is 18.7 Å². The first-order valence-corrected chi connectivity index (χ1v) is 7.46. The summed E-state index contributed by atoms with van der Waals surface area (Å²) in [6.45, 7) is 3.38. The molecule has 24 heavy (non-hydrogen) atoms. The zero-order valence-corrected chi connectivity index (χ0v) is 13.5. The first-order valence-electron chi connectivity index (χ1n) is 7.46. The third kappa shape index (κ3) is 5.05. The van der Waals surface area contributed by atoms with Crippen LogP contribution < -0.4 is 5.32 Å². The van der Waals surface area contributed by atoms with Crippen molar-refractivity contribution in [3.05, 3.63) is 71.6 Å². The Kier molecular flexibility index (Phi) is 5.84. The normalized spacial score (nSPS) is 12.0. The summed E-state index contributed by atoms with van der Waals surface area (Å²) in [7, 11) is 0. The summed E-state index contributed by atoms with van der Waals surface area (Å²) >= 11 is 0. The van der Waals surface area contributed by atoms with E-state index in [0.29, 0.717) is 5.69 Å². The Hall–Kier alpha value is -2.95. The van der Waals surface area contributed by atoms with Gasteiger partial charge >= 0.3 is 5.97 Å². The molecule has 2 aromatic rings. The highest BCUT2D eigenvalue weighted by Crippen LogP contribution is 2.11. The minimum Gasteiger partial charge on any atom is -0.449 e. The lowest BCUT2D eigenvalue weighted by Gasteiger charge is -2.12. The molecule has 124 valence electrons. The van der Waals surface area contributed by atoms with Crippen molar-refractivity contribution in [1.29, 1.82) is 0 Å². The summed E-state index contributed by atoms with van der Waals surface area (Å²) in [6.07, 6.45) is 1.91. The summed E-state index contributed by atoms with van der Waals surface area (Å²) in [5, 5.41) is 2.49. The van der Waals surface area contributed by atoms with E-state index in [-0.39, 0.29) is 0 Å². The molecule has 0 fully saturated rings. The molecular formula is C19H18FNO3. The second-order valence-corrected chi connectivity index (χ2v) is 5.27. The van der Waals surface area contributed by atoms with Crippen LogP contribution in [-0.4, -0.2) is 18.0 Å². The number of hydrogen-bond donors (Lipinski definition) is 1. The van der Waals surface area contributed by atoms with Crippen molar-refractivity contribution in [3.63, 3.8) is 0 Å². The van der Waals surface area contributed by atoms with Crippen LogP contribution in [0.15, 0.2) is 54.6 Å². The van der Waals surface area contributed by atoms with Crippen molar-refractivity contribution >= 4 is 23.6 Å².